The molecule has 1 saturated heterocycles. The van der Waals surface area contributed by atoms with Gasteiger partial charge in [0, 0.05) is 11.3 Å². The molecule has 2 N–H and O–H groups in total. The first-order chi connectivity index (χ1) is 10.4. The zero-order chi connectivity index (χ0) is 17.7. The summed E-state index contributed by atoms with van der Waals surface area (Å²) in [6.07, 6.45) is 0. The third-order valence-electron chi connectivity index (χ3n) is 4.84. The van der Waals surface area contributed by atoms with Gasteiger partial charge in [-0.05, 0) is 59.6 Å². The lowest BCUT2D eigenvalue weighted by Gasteiger charge is -2.32. The third kappa shape index (κ3) is 2.83. The van der Waals surface area contributed by atoms with E-state index in [9.17, 15) is 14.3 Å². The van der Waals surface area contributed by atoms with E-state index in [2.05, 4.69) is 4.98 Å². The average Bonchev–Trinajstić information content (AvgIpc) is 2.81. The molecule has 1 aromatic heterocycles. The molecule has 0 spiro atoms. The Morgan fingerprint density at radius 2 is 1.65 bits per heavy atom. The first-order valence-corrected chi connectivity index (χ1v) is 7.54. The number of aromatic amines is 1. The SMILES string of the molecule is CC(=C(F)B1OC(C)(C)C(C)(C)O1)c1c(C)[nH]c(C(=O)O)c1C. The summed E-state index contributed by atoms with van der Waals surface area (Å²) in [5.74, 6) is -1.07. The normalized spacial score (nSPS) is 20.6. The number of halogens is 1. The van der Waals surface area contributed by atoms with E-state index in [1.165, 1.54) is 0 Å². The van der Waals surface area contributed by atoms with Crippen LogP contribution >= 0.6 is 0 Å². The molecule has 0 unspecified atom stereocenters. The van der Waals surface area contributed by atoms with Crippen molar-refractivity contribution in [3.8, 4) is 0 Å². The third-order valence-corrected chi connectivity index (χ3v) is 4.84. The molecule has 0 radical (unpaired) electrons. The summed E-state index contributed by atoms with van der Waals surface area (Å²) in [5.41, 5.74) is 0.234. The van der Waals surface area contributed by atoms with Crippen LogP contribution in [0.4, 0.5) is 4.39 Å². The van der Waals surface area contributed by atoms with Crippen molar-refractivity contribution in [3.63, 3.8) is 0 Å². The van der Waals surface area contributed by atoms with E-state index < -0.39 is 30.0 Å². The smallest absolute Gasteiger partial charge is 0.477 e. The molecule has 0 aliphatic carbocycles. The second kappa shape index (κ2) is 5.49. The molecule has 23 heavy (non-hydrogen) atoms. The van der Waals surface area contributed by atoms with Crippen molar-refractivity contribution in [1.29, 1.82) is 0 Å². The first-order valence-electron chi connectivity index (χ1n) is 7.54. The van der Waals surface area contributed by atoms with Gasteiger partial charge in [0.1, 0.15) is 11.4 Å². The van der Waals surface area contributed by atoms with Crippen LogP contribution in [0.5, 0.6) is 0 Å². The molecule has 2 heterocycles. The highest BCUT2D eigenvalue weighted by molar-refractivity contribution is 6.55. The van der Waals surface area contributed by atoms with Gasteiger partial charge in [0.25, 0.3) is 0 Å². The van der Waals surface area contributed by atoms with Crippen molar-refractivity contribution in [3.05, 3.63) is 28.2 Å². The van der Waals surface area contributed by atoms with Crippen LogP contribution in [-0.4, -0.2) is 34.4 Å². The summed E-state index contributed by atoms with van der Waals surface area (Å²) in [5, 5.41) is 9.18. The minimum atomic E-state index is -1.10. The van der Waals surface area contributed by atoms with Crippen LogP contribution < -0.4 is 0 Å². The second-order valence-electron chi connectivity index (χ2n) is 6.99. The standard InChI is InChI=1S/C16H23BFNO4/c1-8-11(10(3)19-12(8)14(20)21)9(2)13(18)17-22-15(4,5)16(6,7)23-17/h19H,1-7H3,(H,20,21). The molecule has 0 amide bonds. The molecule has 7 heteroatoms. The number of H-pyrrole nitrogens is 1. The summed E-state index contributed by atoms with van der Waals surface area (Å²) >= 11 is 0. The summed E-state index contributed by atoms with van der Waals surface area (Å²) in [6.45, 7) is 12.4. The highest BCUT2D eigenvalue weighted by Crippen LogP contribution is 2.40. The fourth-order valence-electron chi connectivity index (χ4n) is 2.77. The maximum atomic E-state index is 14.9. The second-order valence-corrected chi connectivity index (χ2v) is 6.99. The van der Waals surface area contributed by atoms with Gasteiger partial charge in [-0.15, -0.1) is 0 Å². The van der Waals surface area contributed by atoms with Gasteiger partial charge in [0.15, 0.2) is 0 Å². The minimum Gasteiger partial charge on any atom is -0.477 e. The van der Waals surface area contributed by atoms with Gasteiger partial charge in [-0.25, -0.2) is 9.18 Å². The monoisotopic (exact) mass is 323 g/mol. The number of carboxylic acid groups (broad SMARTS) is 1. The van der Waals surface area contributed by atoms with Crippen LogP contribution in [0.1, 0.15) is 61.9 Å². The molecule has 1 aliphatic rings. The maximum absolute atomic E-state index is 14.9. The van der Waals surface area contributed by atoms with Crippen LogP contribution in [0, 0.1) is 13.8 Å². The highest BCUT2D eigenvalue weighted by Gasteiger charge is 2.53. The molecule has 126 valence electrons. The largest absolute Gasteiger partial charge is 0.525 e. The van der Waals surface area contributed by atoms with E-state index in [1.54, 1.807) is 20.8 Å². The molecule has 0 bridgehead atoms. The van der Waals surface area contributed by atoms with Crippen molar-refractivity contribution < 1.29 is 23.6 Å². The summed E-state index contributed by atoms with van der Waals surface area (Å²) < 4.78 is 26.4. The fourth-order valence-corrected chi connectivity index (χ4v) is 2.77. The molecule has 5 nitrogen and oxygen atoms in total. The Morgan fingerprint density at radius 1 is 1.17 bits per heavy atom. The Morgan fingerprint density at radius 3 is 2.04 bits per heavy atom. The fraction of sp³-hybridized carbons (Fsp3) is 0.562. The molecule has 2 rings (SSSR count). The average molecular weight is 323 g/mol. The number of hydrogen-bond acceptors (Lipinski definition) is 3. The van der Waals surface area contributed by atoms with E-state index >= 15 is 0 Å². The van der Waals surface area contributed by atoms with Crippen LogP contribution in [0.2, 0.25) is 0 Å². The zero-order valence-electron chi connectivity index (χ0n) is 14.6. The van der Waals surface area contributed by atoms with Gasteiger partial charge in [-0.1, -0.05) is 0 Å². The quantitative estimate of drug-likeness (QED) is 0.833. The Balaban J connectivity index is 2.46. The Labute approximate surface area is 136 Å². The Kier molecular flexibility index (Phi) is 4.24. The maximum Gasteiger partial charge on any atom is 0.525 e. The number of hydrogen-bond donors (Lipinski definition) is 2. The van der Waals surface area contributed by atoms with Crippen molar-refractivity contribution in [2.24, 2.45) is 0 Å². The van der Waals surface area contributed by atoms with Crippen molar-refractivity contribution in [2.75, 3.05) is 0 Å². The lowest BCUT2D eigenvalue weighted by Crippen LogP contribution is -2.41. The van der Waals surface area contributed by atoms with E-state index in [0.29, 0.717) is 22.4 Å². The number of aromatic nitrogens is 1. The van der Waals surface area contributed by atoms with Gasteiger partial charge in [0.2, 0.25) is 0 Å². The topological polar surface area (TPSA) is 71.5 Å². The minimum absolute atomic E-state index is 0.0681. The van der Waals surface area contributed by atoms with Crippen LogP contribution in [0.15, 0.2) is 5.73 Å². The van der Waals surface area contributed by atoms with Crippen molar-refractivity contribution in [1.82, 2.24) is 4.98 Å². The summed E-state index contributed by atoms with van der Waals surface area (Å²) in [7, 11) is -1.10. The number of carbonyl (C=O) groups is 1. The first kappa shape index (κ1) is 17.8. The number of aromatic carboxylic acids is 1. The summed E-state index contributed by atoms with van der Waals surface area (Å²) in [6, 6.07) is 0. The highest BCUT2D eigenvalue weighted by atomic mass is 19.1. The predicted octanol–water partition coefficient (Wildman–Crippen LogP) is 3.66. The van der Waals surface area contributed by atoms with E-state index in [1.807, 2.05) is 27.7 Å². The van der Waals surface area contributed by atoms with E-state index in [-0.39, 0.29) is 5.69 Å². The number of rotatable bonds is 3. The van der Waals surface area contributed by atoms with Crippen molar-refractivity contribution >= 4 is 18.7 Å². The van der Waals surface area contributed by atoms with E-state index in [0.717, 1.165) is 0 Å². The van der Waals surface area contributed by atoms with Gasteiger partial charge in [-0.3, -0.25) is 0 Å². The number of carboxylic acids is 1. The lowest BCUT2D eigenvalue weighted by molar-refractivity contribution is 0.00578. The summed E-state index contributed by atoms with van der Waals surface area (Å²) in [4.78, 5) is 14.0. The van der Waals surface area contributed by atoms with Crippen LogP contribution in [0.25, 0.3) is 5.57 Å². The Bertz CT molecular complexity index is 674. The number of aryl methyl sites for hydroxylation is 1. The molecule has 0 aromatic carbocycles. The van der Waals surface area contributed by atoms with Crippen LogP contribution in [-0.2, 0) is 9.31 Å². The van der Waals surface area contributed by atoms with Gasteiger partial charge in [-0.2, -0.15) is 0 Å². The van der Waals surface area contributed by atoms with Gasteiger partial charge < -0.3 is 19.4 Å². The molecule has 1 aliphatic heterocycles. The Hall–Kier alpha value is -1.60. The number of allylic oxidation sites excluding steroid dienone is 1. The predicted molar refractivity (Wildman–Crippen MR) is 87.0 cm³/mol. The molecule has 0 saturated carbocycles. The van der Waals surface area contributed by atoms with Gasteiger partial charge >= 0.3 is 13.1 Å². The van der Waals surface area contributed by atoms with Crippen LogP contribution in [0.3, 0.4) is 0 Å². The molecular weight excluding hydrogens is 300 g/mol. The molecule has 1 fully saturated rings. The number of nitrogens with one attached hydrogen (secondary N) is 1. The zero-order valence-corrected chi connectivity index (χ0v) is 14.6. The van der Waals surface area contributed by atoms with Gasteiger partial charge in [0.05, 0.1) is 11.2 Å². The van der Waals surface area contributed by atoms with E-state index in [4.69, 9.17) is 9.31 Å². The lowest BCUT2D eigenvalue weighted by atomic mass is 9.82. The van der Waals surface area contributed by atoms with Crippen molar-refractivity contribution in [2.45, 2.75) is 59.7 Å². The molecule has 1 aromatic rings. The molecular formula is C16H23BFNO4. The molecule has 0 atom stereocenters.